The van der Waals surface area contributed by atoms with Gasteiger partial charge in [-0.1, -0.05) is 19.9 Å². The first kappa shape index (κ1) is 22.7. The van der Waals surface area contributed by atoms with E-state index in [9.17, 15) is 18.3 Å². The Morgan fingerprint density at radius 3 is 2.41 bits per heavy atom. The molecule has 0 aliphatic heterocycles. The minimum atomic E-state index is -3.84. The minimum Gasteiger partial charge on any atom is -0.497 e. The molecule has 0 heterocycles. The number of ether oxygens (including phenoxy) is 1. The van der Waals surface area contributed by atoms with Crippen molar-refractivity contribution in [2.75, 3.05) is 25.0 Å². The summed E-state index contributed by atoms with van der Waals surface area (Å²) in [6, 6.07) is 12.5. The van der Waals surface area contributed by atoms with Crippen LogP contribution in [0.5, 0.6) is 5.75 Å². The fourth-order valence-corrected chi connectivity index (χ4v) is 3.90. The van der Waals surface area contributed by atoms with E-state index in [4.69, 9.17) is 4.74 Å². The van der Waals surface area contributed by atoms with Gasteiger partial charge in [0.2, 0.25) is 0 Å². The molecule has 29 heavy (non-hydrogen) atoms. The van der Waals surface area contributed by atoms with Crippen molar-refractivity contribution in [1.29, 1.82) is 0 Å². The molecular weight excluding hydrogens is 392 g/mol. The van der Waals surface area contributed by atoms with Crippen LogP contribution in [0.3, 0.4) is 0 Å². The highest BCUT2D eigenvalue weighted by Gasteiger charge is 2.22. The maximum atomic E-state index is 13.0. The Hall–Kier alpha value is -2.58. The molecule has 0 radical (unpaired) electrons. The summed E-state index contributed by atoms with van der Waals surface area (Å²) in [5.41, 5.74) is 0.719. The fourth-order valence-electron chi connectivity index (χ4n) is 2.66. The summed E-state index contributed by atoms with van der Waals surface area (Å²) in [5.74, 6) is 0.347. The molecule has 1 unspecified atom stereocenters. The van der Waals surface area contributed by atoms with Gasteiger partial charge in [-0.15, -0.1) is 0 Å². The first-order valence-corrected chi connectivity index (χ1v) is 10.8. The number of benzene rings is 2. The lowest BCUT2D eigenvalue weighted by atomic mass is 10.0. The normalized spacial score (nSPS) is 12.5. The van der Waals surface area contributed by atoms with Crippen molar-refractivity contribution in [1.82, 2.24) is 5.32 Å². The third-order valence-corrected chi connectivity index (χ3v) is 6.47. The van der Waals surface area contributed by atoms with E-state index in [1.165, 1.54) is 32.4 Å². The van der Waals surface area contributed by atoms with Crippen LogP contribution in [0.25, 0.3) is 0 Å². The monoisotopic (exact) mass is 420 g/mol. The molecule has 0 spiro atoms. The highest BCUT2D eigenvalue weighted by molar-refractivity contribution is 7.92. The fraction of sp³-hybridized carbons (Fsp3) is 0.381. The molecule has 8 heteroatoms. The number of anilines is 1. The van der Waals surface area contributed by atoms with Crippen LogP contribution in [0.15, 0.2) is 53.4 Å². The second kappa shape index (κ2) is 9.76. The third-order valence-electron chi connectivity index (χ3n) is 4.69. The number of amides is 1. The molecule has 2 rings (SSSR count). The molecule has 0 aromatic heterocycles. The van der Waals surface area contributed by atoms with E-state index in [0.29, 0.717) is 24.4 Å². The second-order valence-electron chi connectivity index (χ2n) is 7.05. The van der Waals surface area contributed by atoms with E-state index in [2.05, 4.69) is 5.32 Å². The molecule has 2 aromatic rings. The first-order chi connectivity index (χ1) is 13.7. The largest absolute Gasteiger partial charge is 0.497 e. The molecule has 2 aromatic carbocycles. The van der Waals surface area contributed by atoms with Crippen molar-refractivity contribution in [3.05, 3.63) is 54.1 Å². The van der Waals surface area contributed by atoms with Crippen LogP contribution < -0.4 is 14.4 Å². The van der Waals surface area contributed by atoms with Crippen molar-refractivity contribution in [3.8, 4) is 5.75 Å². The van der Waals surface area contributed by atoms with E-state index >= 15 is 0 Å². The van der Waals surface area contributed by atoms with Gasteiger partial charge in [-0.25, -0.2) is 8.42 Å². The number of hydrogen-bond acceptors (Lipinski definition) is 5. The van der Waals surface area contributed by atoms with Crippen LogP contribution in [0.1, 0.15) is 30.6 Å². The molecule has 1 atom stereocenters. The average Bonchev–Trinajstić information content (AvgIpc) is 2.73. The zero-order chi connectivity index (χ0) is 21.6. The zero-order valence-corrected chi connectivity index (χ0v) is 17.9. The first-order valence-electron chi connectivity index (χ1n) is 9.36. The van der Waals surface area contributed by atoms with Gasteiger partial charge in [-0.2, -0.15) is 0 Å². The van der Waals surface area contributed by atoms with E-state index in [1.54, 1.807) is 30.3 Å². The van der Waals surface area contributed by atoms with E-state index in [0.717, 1.165) is 4.31 Å². The third kappa shape index (κ3) is 5.71. The Bertz CT molecular complexity index is 926. The van der Waals surface area contributed by atoms with E-state index in [1.807, 2.05) is 13.8 Å². The number of nitrogens with zero attached hydrogens (tertiary/aromatic N) is 1. The van der Waals surface area contributed by atoms with Crippen LogP contribution in [-0.4, -0.2) is 46.2 Å². The van der Waals surface area contributed by atoms with Gasteiger partial charge >= 0.3 is 0 Å². The Balaban J connectivity index is 2.14. The van der Waals surface area contributed by atoms with Gasteiger partial charge in [0.25, 0.3) is 15.9 Å². The predicted octanol–water partition coefficient (Wildman–Crippen LogP) is 2.66. The quantitative estimate of drug-likeness (QED) is 0.650. The number of nitrogens with one attached hydrogen (secondary N) is 1. The summed E-state index contributed by atoms with van der Waals surface area (Å²) >= 11 is 0. The molecule has 7 nitrogen and oxygen atoms in total. The van der Waals surface area contributed by atoms with Gasteiger partial charge in [0.05, 0.1) is 23.8 Å². The highest BCUT2D eigenvalue weighted by Crippen LogP contribution is 2.24. The summed E-state index contributed by atoms with van der Waals surface area (Å²) in [7, 11) is -0.847. The Morgan fingerprint density at radius 2 is 1.83 bits per heavy atom. The lowest BCUT2D eigenvalue weighted by Crippen LogP contribution is -2.29. The Morgan fingerprint density at radius 1 is 1.17 bits per heavy atom. The van der Waals surface area contributed by atoms with Gasteiger partial charge < -0.3 is 15.2 Å². The van der Waals surface area contributed by atoms with Crippen molar-refractivity contribution in [3.63, 3.8) is 0 Å². The lowest BCUT2D eigenvalue weighted by molar-refractivity contribution is 0.0920. The Labute approximate surface area is 172 Å². The molecule has 0 saturated carbocycles. The molecule has 0 saturated heterocycles. The lowest BCUT2D eigenvalue weighted by Gasteiger charge is -2.20. The molecule has 0 aliphatic rings. The SMILES string of the molecule is COc1ccc(N(C)S(=O)(=O)c2cccc(C(=O)NCCC(O)C(C)C)c2)cc1. The number of carbonyl (C=O) groups excluding carboxylic acids is 1. The topological polar surface area (TPSA) is 95.9 Å². The summed E-state index contributed by atoms with van der Waals surface area (Å²) in [6.07, 6.45) is -0.0677. The number of carbonyl (C=O) groups is 1. The van der Waals surface area contributed by atoms with Crippen molar-refractivity contribution >= 4 is 21.6 Å². The molecular formula is C21H28N2O5S. The number of aliphatic hydroxyl groups is 1. The predicted molar refractivity (Wildman–Crippen MR) is 113 cm³/mol. The maximum Gasteiger partial charge on any atom is 0.264 e. The number of hydrogen-bond donors (Lipinski definition) is 2. The van der Waals surface area contributed by atoms with Crippen molar-refractivity contribution in [2.24, 2.45) is 5.92 Å². The number of sulfonamides is 1. The highest BCUT2D eigenvalue weighted by atomic mass is 32.2. The van der Waals surface area contributed by atoms with Crippen molar-refractivity contribution < 1.29 is 23.1 Å². The van der Waals surface area contributed by atoms with Crippen molar-refractivity contribution in [2.45, 2.75) is 31.3 Å². The Kier molecular flexibility index (Phi) is 7.64. The average molecular weight is 421 g/mol. The number of methoxy groups -OCH3 is 1. The standard InChI is InChI=1S/C21H28N2O5S/c1-15(2)20(24)12-13-22-21(25)16-6-5-7-19(14-16)29(26,27)23(3)17-8-10-18(28-4)11-9-17/h5-11,14-15,20,24H,12-13H2,1-4H3,(H,22,25). The van der Waals surface area contributed by atoms with Crippen LogP contribution >= 0.6 is 0 Å². The number of aliphatic hydroxyl groups excluding tert-OH is 1. The summed E-state index contributed by atoms with van der Waals surface area (Å²) in [4.78, 5) is 12.4. The summed E-state index contributed by atoms with van der Waals surface area (Å²) in [5, 5.41) is 12.5. The van der Waals surface area contributed by atoms with E-state index < -0.39 is 16.1 Å². The molecule has 0 bridgehead atoms. The van der Waals surface area contributed by atoms with Gasteiger partial charge in [0.1, 0.15) is 5.75 Å². The smallest absolute Gasteiger partial charge is 0.264 e. The van der Waals surface area contributed by atoms with Crippen LogP contribution in [0.2, 0.25) is 0 Å². The van der Waals surface area contributed by atoms with E-state index in [-0.39, 0.29) is 22.3 Å². The molecule has 2 N–H and O–H groups in total. The molecule has 0 aliphatic carbocycles. The van der Waals surface area contributed by atoms with Crippen LogP contribution in [0, 0.1) is 5.92 Å². The molecule has 1 amide bonds. The number of rotatable bonds is 9. The molecule has 0 fully saturated rings. The zero-order valence-electron chi connectivity index (χ0n) is 17.1. The van der Waals surface area contributed by atoms with Gasteiger partial charge in [0, 0.05) is 19.2 Å². The molecule has 158 valence electrons. The maximum absolute atomic E-state index is 13.0. The second-order valence-corrected chi connectivity index (χ2v) is 9.02. The summed E-state index contributed by atoms with van der Waals surface area (Å²) in [6.45, 7) is 4.11. The van der Waals surface area contributed by atoms with Gasteiger partial charge in [-0.3, -0.25) is 9.10 Å². The minimum absolute atomic E-state index is 0.0192. The summed E-state index contributed by atoms with van der Waals surface area (Å²) < 4.78 is 32.2. The van der Waals surface area contributed by atoms with Gasteiger partial charge in [-0.05, 0) is 54.8 Å². The van der Waals surface area contributed by atoms with Crippen LogP contribution in [0.4, 0.5) is 5.69 Å². The van der Waals surface area contributed by atoms with Crippen LogP contribution in [-0.2, 0) is 10.0 Å². The van der Waals surface area contributed by atoms with Gasteiger partial charge in [0.15, 0.2) is 0 Å².